The van der Waals surface area contributed by atoms with Crippen LogP contribution in [0.3, 0.4) is 0 Å². The van der Waals surface area contributed by atoms with Crippen LogP contribution in [0, 0.1) is 24.0 Å². The molecule has 4 rings (SSSR count). The number of aromatic nitrogens is 6. The second kappa shape index (κ2) is 6.30. The van der Waals surface area contributed by atoms with Gasteiger partial charge in [-0.2, -0.15) is 0 Å². The molecule has 0 saturated heterocycles. The molecule has 0 bridgehead atoms. The standard InChI is InChI=1S/C15H14N7O6P/c1-7-5-20(8(2)16-7)11-4-10-9(3-12(11)22(24)25)17-15(23)14-19-18-13(21(10)14)6-29(26,27)28/h3-5H,6H2,1-2H3,(H,17,23)(H2,26,27,28). The highest BCUT2D eigenvalue weighted by Gasteiger charge is 2.24. The fraction of sp³-hybridized carbons (Fsp3) is 0.200. The number of nitro groups is 1. The average molecular weight is 419 g/mol. The normalized spacial score (nSPS) is 12.1. The number of H-pyrrole nitrogens is 1. The van der Waals surface area contributed by atoms with E-state index in [-0.39, 0.29) is 33.9 Å². The van der Waals surface area contributed by atoms with Crippen LogP contribution >= 0.6 is 7.60 Å². The molecule has 0 atom stereocenters. The first kappa shape index (κ1) is 18.9. The third kappa shape index (κ3) is 3.20. The molecule has 0 saturated carbocycles. The van der Waals surface area contributed by atoms with Crippen molar-refractivity contribution in [3.05, 3.63) is 56.1 Å². The van der Waals surface area contributed by atoms with E-state index >= 15 is 0 Å². The zero-order valence-electron chi connectivity index (χ0n) is 15.1. The molecule has 0 aliphatic heterocycles. The monoisotopic (exact) mass is 419 g/mol. The molecule has 14 heteroatoms. The van der Waals surface area contributed by atoms with E-state index in [0.717, 1.165) is 0 Å². The van der Waals surface area contributed by atoms with Crippen LogP contribution in [-0.2, 0) is 10.7 Å². The molecular formula is C15H14N7O6P. The summed E-state index contributed by atoms with van der Waals surface area (Å²) in [6.07, 6.45) is 0.872. The van der Waals surface area contributed by atoms with E-state index in [1.807, 2.05) is 0 Å². The minimum atomic E-state index is -4.51. The van der Waals surface area contributed by atoms with Crippen molar-refractivity contribution in [3.8, 4) is 5.69 Å². The van der Waals surface area contributed by atoms with Crippen molar-refractivity contribution in [3.63, 3.8) is 0 Å². The van der Waals surface area contributed by atoms with Crippen molar-refractivity contribution >= 4 is 30.0 Å². The van der Waals surface area contributed by atoms with Gasteiger partial charge >= 0.3 is 7.60 Å². The van der Waals surface area contributed by atoms with Crippen LogP contribution in [0.4, 0.5) is 5.69 Å². The van der Waals surface area contributed by atoms with Crippen molar-refractivity contribution in [1.29, 1.82) is 0 Å². The van der Waals surface area contributed by atoms with E-state index in [4.69, 9.17) is 0 Å². The summed E-state index contributed by atoms with van der Waals surface area (Å²) in [4.78, 5) is 48.8. The van der Waals surface area contributed by atoms with E-state index in [1.165, 1.54) is 21.1 Å². The Kier molecular flexibility index (Phi) is 4.12. The zero-order valence-corrected chi connectivity index (χ0v) is 16.0. The van der Waals surface area contributed by atoms with Crippen molar-refractivity contribution in [2.45, 2.75) is 20.0 Å². The summed E-state index contributed by atoms with van der Waals surface area (Å²) in [5.74, 6) is 0.368. The third-order valence-electron chi connectivity index (χ3n) is 4.32. The van der Waals surface area contributed by atoms with Gasteiger partial charge in [0.05, 0.1) is 21.7 Å². The number of nitro benzene ring substituents is 1. The van der Waals surface area contributed by atoms with Gasteiger partial charge in [-0.3, -0.25) is 28.4 Å². The molecular weight excluding hydrogens is 405 g/mol. The van der Waals surface area contributed by atoms with E-state index in [1.54, 1.807) is 20.0 Å². The van der Waals surface area contributed by atoms with Gasteiger partial charge in [0.25, 0.3) is 11.2 Å². The number of hydrogen-bond donors (Lipinski definition) is 3. The van der Waals surface area contributed by atoms with Crippen LogP contribution in [-0.4, -0.2) is 43.8 Å². The fourth-order valence-corrected chi connectivity index (χ4v) is 3.81. The summed E-state index contributed by atoms with van der Waals surface area (Å²) in [5, 5.41) is 19.1. The fourth-order valence-electron chi connectivity index (χ4n) is 3.23. The Morgan fingerprint density at radius 1 is 1.28 bits per heavy atom. The van der Waals surface area contributed by atoms with E-state index < -0.39 is 24.2 Å². The number of imidazole rings is 1. The lowest BCUT2D eigenvalue weighted by molar-refractivity contribution is -0.384. The SMILES string of the molecule is Cc1cn(-c2cc3c(cc2[N+](=O)[O-])[nH]c(=O)c2nnc(CP(=O)(O)O)n23)c(C)n1. The Hall–Kier alpha value is -3.41. The molecule has 13 nitrogen and oxygen atoms in total. The molecule has 3 N–H and O–H groups in total. The second-order valence-corrected chi connectivity index (χ2v) is 8.11. The number of nitrogens with one attached hydrogen (secondary N) is 1. The Morgan fingerprint density at radius 2 is 2.00 bits per heavy atom. The van der Waals surface area contributed by atoms with Gasteiger partial charge in [0, 0.05) is 12.3 Å². The predicted octanol–water partition coefficient (Wildman–Crippen LogP) is 0.959. The lowest BCUT2D eigenvalue weighted by atomic mass is 10.2. The smallest absolute Gasteiger partial charge is 0.324 e. The summed E-state index contributed by atoms with van der Waals surface area (Å²) in [7, 11) is -4.51. The van der Waals surface area contributed by atoms with Crippen molar-refractivity contribution in [2.75, 3.05) is 0 Å². The second-order valence-electron chi connectivity index (χ2n) is 6.47. The van der Waals surface area contributed by atoms with Gasteiger partial charge in [-0.25, -0.2) is 4.98 Å². The van der Waals surface area contributed by atoms with E-state index in [9.17, 15) is 29.3 Å². The topological polar surface area (TPSA) is 182 Å². The molecule has 0 fully saturated rings. The Morgan fingerprint density at radius 3 is 2.59 bits per heavy atom. The quantitative estimate of drug-likeness (QED) is 0.246. The van der Waals surface area contributed by atoms with Crippen LogP contribution in [0.2, 0.25) is 0 Å². The highest BCUT2D eigenvalue weighted by Crippen LogP contribution is 2.39. The maximum Gasteiger partial charge on any atom is 0.333 e. The molecule has 0 aliphatic carbocycles. The Bertz CT molecular complexity index is 1410. The van der Waals surface area contributed by atoms with Crippen LogP contribution in [0.15, 0.2) is 23.1 Å². The summed E-state index contributed by atoms with van der Waals surface area (Å²) in [6.45, 7) is 3.42. The van der Waals surface area contributed by atoms with Crippen LogP contribution in [0.5, 0.6) is 0 Å². The number of aromatic amines is 1. The summed E-state index contributed by atoms with van der Waals surface area (Å²) in [6, 6.07) is 2.61. The maximum atomic E-state index is 12.3. The first-order valence-electron chi connectivity index (χ1n) is 8.21. The number of hydrogen-bond acceptors (Lipinski definition) is 7. The number of benzene rings is 1. The van der Waals surface area contributed by atoms with Crippen LogP contribution in [0.25, 0.3) is 22.4 Å². The molecule has 0 radical (unpaired) electrons. The summed E-state index contributed by atoms with van der Waals surface area (Å²) >= 11 is 0. The molecule has 29 heavy (non-hydrogen) atoms. The summed E-state index contributed by atoms with van der Waals surface area (Å²) < 4.78 is 14.2. The predicted molar refractivity (Wildman–Crippen MR) is 100 cm³/mol. The van der Waals surface area contributed by atoms with Crippen LogP contribution < -0.4 is 5.56 Å². The van der Waals surface area contributed by atoms with Gasteiger partial charge in [-0.05, 0) is 19.9 Å². The molecule has 0 amide bonds. The Balaban J connectivity index is 2.14. The van der Waals surface area contributed by atoms with Crippen LogP contribution in [0.1, 0.15) is 17.3 Å². The van der Waals surface area contributed by atoms with Gasteiger partial charge in [0.2, 0.25) is 5.65 Å². The third-order valence-corrected chi connectivity index (χ3v) is 5.02. The molecule has 1 aromatic carbocycles. The maximum absolute atomic E-state index is 12.3. The largest absolute Gasteiger partial charge is 0.333 e. The number of fused-ring (bicyclic) bond motifs is 3. The van der Waals surface area contributed by atoms with Gasteiger partial charge in [0.1, 0.15) is 23.5 Å². The van der Waals surface area contributed by atoms with Crippen molar-refractivity contribution in [2.24, 2.45) is 0 Å². The lowest BCUT2D eigenvalue weighted by Crippen LogP contribution is -2.13. The van der Waals surface area contributed by atoms with Crippen molar-refractivity contribution < 1.29 is 19.3 Å². The number of aryl methyl sites for hydroxylation is 2. The van der Waals surface area contributed by atoms with E-state index in [0.29, 0.717) is 11.5 Å². The zero-order chi connectivity index (χ0) is 21.1. The molecule has 0 aliphatic rings. The van der Waals surface area contributed by atoms with Crippen molar-refractivity contribution in [1.82, 2.24) is 29.1 Å². The molecule has 0 spiro atoms. The van der Waals surface area contributed by atoms with Gasteiger partial charge < -0.3 is 14.8 Å². The summed E-state index contributed by atoms with van der Waals surface area (Å²) in [5.41, 5.74) is 0.00828. The minimum absolute atomic E-state index is 0.0965. The first-order chi connectivity index (χ1) is 13.5. The van der Waals surface area contributed by atoms with Gasteiger partial charge in [-0.1, -0.05) is 0 Å². The highest BCUT2D eigenvalue weighted by atomic mass is 31.2. The molecule has 0 unspecified atom stereocenters. The Labute approximate surface area is 161 Å². The molecule has 3 aromatic heterocycles. The molecule has 4 aromatic rings. The highest BCUT2D eigenvalue weighted by molar-refractivity contribution is 7.50. The number of rotatable bonds is 4. The molecule has 3 heterocycles. The molecule has 150 valence electrons. The average Bonchev–Trinajstić information content (AvgIpc) is 3.16. The first-order valence-corrected chi connectivity index (χ1v) is 10.0. The van der Waals surface area contributed by atoms with Gasteiger partial charge in [-0.15, -0.1) is 10.2 Å². The van der Waals surface area contributed by atoms with Gasteiger partial charge in [0.15, 0.2) is 0 Å². The van der Waals surface area contributed by atoms with E-state index in [2.05, 4.69) is 20.2 Å². The minimum Gasteiger partial charge on any atom is -0.324 e. The number of nitrogens with zero attached hydrogens (tertiary/aromatic N) is 6. The lowest BCUT2D eigenvalue weighted by Gasteiger charge is -2.10.